The van der Waals surface area contributed by atoms with Crippen LogP contribution in [0, 0.1) is 5.82 Å². The van der Waals surface area contributed by atoms with Crippen LogP contribution in [0.25, 0.3) is 22.8 Å². The van der Waals surface area contributed by atoms with E-state index >= 15 is 0 Å². The van der Waals surface area contributed by atoms with Gasteiger partial charge in [-0.15, -0.1) is 0 Å². The van der Waals surface area contributed by atoms with Crippen LogP contribution in [0.1, 0.15) is 0 Å². The van der Waals surface area contributed by atoms with Gasteiger partial charge in [0, 0.05) is 5.56 Å². The van der Waals surface area contributed by atoms with Crippen LogP contribution >= 0.6 is 0 Å². The number of H-pyrrole nitrogens is 2. The van der Waals surface area contributed by atoms with Crippen molar-refractivity contribution in [1.82, 2.24) is 20.3 Å². The Morgan fingerprint density at radius 3 is 2.83 bits per heavy atom. The van der Waals surface area contributed by atoms with Crippen molar-refractivity contribution < 1.29 is 8.91 Å². The van der Waals surface area contributed by atoms with Gasteiger partial charge in [0.1, 0.15) is 11.5 Å². The predicted molar refractivity (Wildman–Crippen MR) is 60.1 cm³/mol. The second-order valence-corrected chi connectivity index (χ2v) is 3.59. The second-order valence-electron chi connectivity index (χ2n) is 3.59. The van der Waals surface area contributed by atoms with Gasteiger partial charge in [0.25, 0.3) is 0 Å². The lowest BCUT2D eigenvalue weighted by molar-refractivity contribution is 0.387. The molecule has 0 saturated heterocycles. The number of aromatic amines is 2. The number of rotatable bonds is 2. The molecule has 3 aromatic rings. The number of aromatic nitrogens is 4. The van der Waals surface area contributed by atoms with Crippen molar-refractivity contribution in [2.45, 2.75) is 0 Å². The number of nitrogens with zero attached hydrogens (tertiary/aromatic N) is 2. The third-order valence-electron chi connectivity index (χ3n) is 2.42. The molecular formula is C11H7FN4O2. The van der Waals surface area contributed by atoms with Gasteiger partial charge in [-0.2, -0.15) is 5.10 Å². The number of hydrogen-bond acceptors (Lipinski definition) is 4. The predicted octanol–water partition coefficient (Wildman–Crippen LogP) is 1.56. The molecule has 0 saturated carbocycles. The van der Waals surface area contributed by atoms with E-state index in [1.807, 2.05) is 0 Å². The minimum Gasteiger partial charge on any atom is -0.296 e. The van der Waals surface area contributed by atoms with E-state index in [-0.39, 0.29) is 11.6 Å². The Kier molecular flexibility index (Phi) is 2.30. The van der Waals surface area contributed by atoms with Crippen molar-refractivity contribution in [3.8, 4) is 22.8 Å². The van der Waals surface area contributed by atoms with E-state index in [9.17, 15) is 9.18 Å². The molecule has 0 unspecified atom stereocenters. The van der Waals surface area contributed by atoms with Gasteiger partial charge in [-0.25, -0.2) is 9.18 Å². The Hall–Kier alpha value is -2.70. The standard InChI is InChI=1S/C11H7FN4O2/c12-7-4-2-1-3-6(7)8-5-9(15-14-8)10-13-11(17)18-16-10/h1-5H,(H,14,15)(H,13,16,17). The molecular weight excluding hydrogens is 239 g/mol. The molecule has 7 heteroatoms. The lowest BCUT2D eigenvalue weighted by Crippen LogP contribution is -1.94. The molecule has 0 radical (unpaired) electrons. The molecule has 0 fully saturated rings. The summed E-state index contributed by atoms with van der Waals surface area (Å²) in [5.74, 6) is -0.814. The van der Waals surface area contributed by atoms with E-state index < -0.39 is 5.76 Å². The number of benzene rings is 1. The molecule has 90 valence electrons. The smallest absolute Gasteiger partial charge is 0.296 e. The Morgan fingerprint density at radius 2 is 2.11 bits per heavy atom. The molecule has 0 bridgehead atoms. The van der Waals surface area contributed by atoms with Crippen LogP contribution in [0.15, 0.2) is 39.6 Å². The Morgan fingerprint density at radius 1 is 1.28 bits per heavy atom. The van der Waals surface area contributed by atoms with Crippen LogP contribution < -0.4 is 5.76 Å². The molecule has 0 aliphatic carbocycles. The molecule has 0 amide bonds. The zero-order valence-electron chi connectivity index (χ0n) is 8.98. The van der Waals surface area contributed by atoms with E-state index in [1.165, 1.54) is 6.07 Å². The highest BCUT2D eigenvalue weighted by molar-refractivity contribution is 5.65. The van der Waals surface area contributed by atoms with E-state index in [1.54, 1.807) is 24.3 Å². The van der Waals surface area contributed by atoms with Gasteiger partial charge in [-0.1, -0.05) is 17.3 Å². The monoisotopic (exact) mass is 246 g/mol. The van der Waals surface area contributed by atoms with Crippen molar-refractivity contribution in [3.05, 3.63) is 46.7 Å². The maximum atomic E-state index is 13.5. The van der Waals surface area contributed by atoms with Gasteiger partial charge in [-0.3, -0.25) is 14.6 Å². The minimum atomic E-state index is -0.660. The minimum absolute atomic E-state index is 0.218. The molecule has 0 aliphatic rings. The summed E-state index contributed by atoms with van der Waals surface area (Å²) in [5.41, 5.74) is 1.23. The first kappa shape index (κ1) is 10.5. The Labute approximate surface area is 99.5 Å². The van der Waals surface area contributed by atoms with Gasteiger partial charge < -0.3 is 0 Å². The normalized spacial score (nSPS) is 10.7. The summed E-state index contributed by atoms with van der Waals surface area (Å²) in [6, 6.07) is 7.85. The SMILES string of the molecule is O=c1[nH]c(-c2cc(-c3ccccc3F)n[nH]2)no1. The highest BCUT2D eigenvalue weighted by atomic mass is 19.1. The van der Waals surface area contributed by atoms with E-state index in [0.717, 1.165) is 0 Å². The van der Waals surface area contributed by atoms with Crippen LogP contribution in [-0.4, -0.2) is 20.3 Å². The maximum Gasteiger partial charge on any atom is 0.439 e. The van der Waals surface area contributed by atoms with Crippen LogP contribution in [0.2, 0.25) is 0 Å². The van der Waals surface area contributed by atoms with E-state index in [0.29, 0.717) is 17.0 Å². The summed E-state index contributed by atoms with van der Waals surface area (Å²) in [4.78, 5) is 13.2. The molecule has 6 nitrogen and oxygen atoms in total. The molecule has 3 rings (SSSR count). The third-order valence-corrected chi connectivity index (χ3v) is 2.42. The van der Waals surface area contributed by atoms with Crippen LogP contribution in [-0.2, 0) is 0 Å². The third kappa shape index (κ3) is 1.71. The summed E-state index contributed by atoms with van der Waals surface area (Å²) in [5, 5.41) is 10.1. The average Bonchev–Trinajstić information content (AvgIpc) is 2.98. The summed E-state index contributed by atoms with van der Waals surface area (Å²) in [7, 11) is 0. The molecule has 18 heavy (non-hydrogen) atoms. The van der Waals surface area contributed by atoms with Crippen LogP contribution in [0.4, 0.5) is 4.39 Å². The van der Waals surface area contributed by atoms with Crippen LogP contribution in [0.3, 0.4) is 0 Å². The first-order valence-corrected chi connectivity index (χ1v) is 5.11. The molecule has 0 spiro atoms. The van der Waals surface area contributed by atoms with Gasteiger partial charge in [-0.05, 0) is 18.2 Å². The second kappa shape index (κ2) is 3.95. The summed E-state index contributed by atoms with van der Waals surface area (Å²) in [6.07, 6.45) is 0. The first-order chi connectivity index (χ1) is 8.74. The van der Waals surface area contributed by atoms with E-state index in [4.69, 9.17) is 0 Å². The molecule has 2 aromatic heterocycles. The zero-order valence-corrected chi connectivity index (χ0v) is 8.98. The fraction of sp³-hybridized carbons (Fsp3) is 0. The number of nitrogens with one attached hydrogen (secondary N) is 2. The first-order valence-electron chi connectivity index (χ1n) is 5.11. The van der Waals surface area contributed by atoms with E-state index in [2.05, 4.69) is 24.9 Å². The van der Waals surface area contributed by atoms with Crippen molar-refractivity contribution in [1.29, 1.82) is 0 Å². The number of halogens is 1. The summed E-state index contributed by atoms with van der Waals surface area (Å²) in [6.45, 7) is 0. The van der Waals surface area contributed by atoms with Crippen molar-refractivity contribution in [2.24, 2.45) is 0 Å². The van der Waals surface area contributed by atoms with Gasteiger partial charge in [0.2, 0.25) is 5.82 Å². The van der Waals surface area contributed by atoms with Gasteiger partial charge in [0.15, 0.2) is 0 Å². The maximum absolute atomic E-state index is 13.5. The number of hydrogen-bond donors (Lipinski definition) is 2. The van der Waals surface area contributed by atoms with Crippen molar-refractivity contribution in [3.63, 3.8) is 0 Å². The average molecular weight is 246 g/mol. The van der Waals surface area contributed by atoms with Gasteiger partial charge in [0.05, 0.1) is 5.69 Å². The molecule has 0 aliphatic heterocycles. The highest BCUT2D eigenvalue weighted by Crippen LogP contribution is 2.23. The highest BCUT2D eigenvalue weighted by Gasteiger charge is 2.11. The molecule has 2 heterocycles. The lowest BCUT2D eigenvalue weighted by Gasteiger charge is -1.96. The fourth-order valence-electron chi connectivity index (χ4n) is 1.60. The fourth-order valence-corrected chi connectivity index (χ4v) is 1.60. The zero-order chi connectivity index (χ0) is 12.5. The topological polar surface area (TPSA) is 87.6 Å². The quantitative estimate of drug-likeness (QED) is 0.718. The van der Waals surface area contributed by atoms with Gasteiger partial charge >= 0.3 is 5.76 Å². The Bertz CT molecular complexity index is 743. The summed E-state index contributed by atoms with van der Waals surface area (Å²) < 4.78 is 17.9. The lowest BCUT2D eigenvalue weighted by atomic mass is 10.1. The molecule has 0 atom stereocenters. The van der Waals surface area contributed by atoms with Crippen molar-refractivity contribution in [2.75, 3.05) is 0 Å². The molecule has 2 N–H and O–H groups in total. The summed E-state index contributed by atoms with van der Waals surface area (Å²) >= 11 is 0. The largest absolute Gasteiger partial charge is 0.439 e. The molecule has 1 aromatic carbocycles. The van der Waals surface area contributed by atoms with Crippen molar-refractivity contribution >= 4 is 0 Å². The van der Waals surface area contributed by atoms with Crippen LogP contribution in [0.5, 0.6) is 0 Å². The Balaban J connectivity index is 2.05.